The van der Waals surface area contributed by atoms with Gasteiger partial charge in [0.05, 0.1) is 29.6 Å². The molecule has 1 amide bonds. The highest BCUT2D eigenvalue weighted by Crippen LogP contribution is 2.26. The van der Waals surface area contributed by atoms with Gasteiger partial charge in [-0.05, 0) is 42.5 Å². The van der Waals surface area contributed by atoms with Gasteiger partial charge in [-0.1, -0.05) is 11.6 Å². The molecule has 1 saturated heterocycles. The van der Waals surface area contributed by atoms with Crippen LogP contribution in [0.3, 0.4) is 0 Å². The summed E-state index contributed by atoms with van der Waals surface area (Å²) in [5.41, 5.74) is 1.87. The number of sulfonamides is 1. The van der Waals surface area contributed by atoms with E-state index < -0.39 is 10.0 Å². The van der Waals surface area contributed by atoms with Crippen molar-refractivity contribution in [2.75, 3.05) is 55.8 Å². The normalized spacial score (nSPS) is 14.6. The van der Waals surface area contributed by atoms with Gasteiger partial charge in [0, 0.05) is 38.9 Å². The number of amides is 1. The van der Waals surface area contributed by atoms with Crippen LogP contribution in [0.5, 0.6) is 5.75 Å². The molecule has 1 fully saturated rings. The van der Waals surface area contributed by atoms with Crippen molar-refractivity contribution >= 4 is 38.9 Å². The second-order valence-electron chi connectivity index (χ2n) is 6.87. The SMILES string of the molecule is COc1ccc(N2CCN(C(=O)c3ccc(N(C)S(C)(=O)=O)cc3Cl)CC2)cc1. The molecule has 0 N–H and O–H groups in total. The maximum atomic E-state index is 12.9. The molecule has 0 unspecified atom stereocenters. The molecule has 0 saturated carbocycles. The number of methoxy groups -OCH3 is 1. The summed E-state index contributed by atoms with van der Waals surface area (Å²) in [7, 11) is -0.317. The van der Waals surface area contributed by atoms with E-state index in [2.05, 4.69) is 4.90 Å². The van der Waals surface area contributed by atoms with Gasteiger partial charge in [-0.25, -0.2) is 8.42 Å². The predicted molar refractivity (Wildman–Crippen MR) is 116 cm³/mol. The minimum atomic E-state index is -3.40. The first-order chi connectivity index (χ1) is 13.7. The summed E-state index contributed by atoms with van der Waals surface area (Å²) < 4.78 is 29.7. The predicted octanol–water partition coefficient (Wildman–Crippen LogP) is 2.71. The molecule has 0 radical (unpaired) electrons. The largest absolute Gasteiger partial charge is 0.497 e. The van der Waals surface area contributed by atoms with Crippen molar-refractivity contribution in [3.05, 3.63) is 53.1 Å². The lowest BCUT2D eigenvalue weighted by Crippen LogP contribution is -2.48. The number of anilines is 2. The number of halogens is 1. The van der Waals surface area contributed by atoms with Crippen LogP contribution in [0, 0.1) is 0 Å². The fraction of sp³-hybridized carbons (Fsp3) is 0.350. The summed E-state index contributed by atoms with van der Waals surface area (Å²) in [5.74, 6) is 0.653. The second kappa shape index (κ2) is 8.51. The monoisotopic (exact) mass is 437 g/mol. The molecule has 1 heterocycles. The van der Waals surface area contributed by atoms with E-state index in [1.54, 1.807) is 24.1 Å². The number of carbonyl (C=O) groups is 1. The standard InChI is InChI=1S/C20H24ClN3O4S/c1-22(29(3,26)27)16-6-9-18(19(21)14-16)20(25)24-12-10-23(11-13-24)15-4-7-17(28-2)8-5-15/h4-9,14H,10-13H2,1-3H3. The number of nitrogens with zero attached hydrogens (tertiary/aromatic N) is 3. The number of ether oxygens (including phenoxy) is 1. The zero-order chi connectivity index (χ0) is 21.2. The molecule has 0 aromatic heterocycles. The van der Waals surface area contributed by atoms with E-state index in [4.69, 9.17) is 16.3 Å². The summed E-state index contributed by atoms with van der Waals surface area (Å²) in [5, 5.41) is 0.237. The fourth-order valence-electron chi connectivity index (χ4n) is 3.20. The molecule has 9 heteroatoms. The highest BCUT2D eigenvalue weighted by Gasteiger charge is 2.24. The van der Waals surface area contributed by atoms with Crippen molar-refractivity contribution in [1.82, 2.24) is 4.90 Å². The smallest absolute Gasteiger partial charge is 0.255 e. The Hall–Kier alpha value is -2.45. The van der Waals surface area contributed by atoms with Gasteiger partial charge in [0.15, 0.2) is 0 Å². The minimum Gasteiger partial charge on any atom is -0.497 e. The van der Waals surface area contributed by atoms with Gasteiger partial charge in [0.2, 0.25) is 10.0 Å². The number of benzene rings is 2. The van der Waals surface area contributed by atoms with E-state index in [1.165, 1.54) is 13.1 Å². The molecule has 1 aliphatic rings. The molecule has 156 valence electrons. The first kappa shape index (κ1) is 21.3. The molecule has 2 aromatic rings. The van der Waals surface area contributed by atoms with E-state index in [9.17, 15) is 13.2 Å². The third-order valence-corrected chi connectivity index (χ3v) is 6.57. The quantitative estimate of drug-likeness (QED) is 0.719. The third kappa shape index (κ3) is 4.76. The molecule has 7 nitrogen and oxygen atoms in total. The van der Waals surface area contributed by atoms with Crippen LogP contribution in [-0.2, 0) is 10.0 Å². The summed E-state index contributed by atoms with van der Waals surface area (Å²) in [6, 6.07) is 12.5. The van der Waals surface area contributed by atoms with E-state index in [0.29, 0.717) is 37.4 Å². The first-order valence-corrected chi connectivity index (χ1v) is 11.3. The van der Waals surface area contributed by atoms with Gasteiger partial charge < -0.3 is 14.5 Å². The Labute approximate surface area is 176 Å². The van der Waals surface area contributed by atoms with Crippen LogP contribution in [0.2, 0.25) is 5.02 Å². The number of piperazine rings is 1. The molecule has 2 aromatic carbocycles. The second-order valence-corrected chi connectivity index (χ2v) is 9.29. The van der Waals surface area contributed by atoms with Gasteiger partial charge >= 0.3 is 0 Å². The van der Waals surface area contributed by atoms with Crippen molar-refractivity contribution in [2.45, 2.75) is 0 Å². The molecular formula is C20H24ClN3O4S. The van der Waals surface area contributed by atoms with E-state index >= 15 is 0 Å². The molecule has 0 aliphatic carbocycles. The lowest BCUT2D eigenvalue weighted by atomic mass is 10.1. The van der Waals surface area contributed by atoms with Crippen LogP contribution in [-0.4, -0.2) is 65.8 Å². The maximum Gasteiger partial charge on any atom is 0.255 e. The summed E-state index contributed by atoms with van der Waals surface area (Å²) in [4.78, 5) is 16.9. The summed E-state index contributed by atoms with van der Waals surface area (Å²) in [6.07, 6.45) is 1.11. The van der Waals surface area contributed by atoms with Gasteiger partial charge in [0.25, 0.3) is 5.91 Å². The lowest BCUT2D eigenvalue weighted by Gasteiger charge is -2.36. The van der Waals surface area contributed by atoms with Crippen LogP contribution in [0.1, 0.15) is 10.4 Å². The Bertz CT molecular complexity index is 987. The topological polar surface area (TPSA) is 70.2 Å². The van der Waals surface area contributed by atoms with Crippen LogP contribution >= 0.6 is 11.6 Å². The van der Waals surface area contributed by atoms with Crippen molar-refractivity contribution in [3.63, 3.8) is 0 Å². The average molecular weight is 438 g/mol. The Morgan fingerprint density at radius 3 is 2.21 bits per heavy atom. The van der Waals surface area contributed by atoms with E-state index in [1.807, 2.05) is 24.3 Å². The summed E-state index contributed by atoms with van der Waals surface area (Å²) >= 11 is 6.30. The highest BCUT2D eigenvalue weighted by atomic mass is 35.5. The zero-order valence-electron chi connectivity index (χ0n) is 16.6. The maximum absolute atomic E-state index is 12.9. The Morgan fingerprint density at radius 1 is 1.07 bits per heavy atom. The number of carbonyl (C=O) groups excluding carboxylic acids is 1. The van der Waals surface area contributed by atoms with Crippen LogP contribution < -0.4 is 13.9 Å². The minimum absolute atomic E-state index is 0.155. The molecule has 0 bridgehead atoms. The molecule has 29 heavy (non-hydrogen) atoms. The van der Waals surface area contributed by atoms with Gasteiger partial charge in [0.1, 0.15) is 5.75 Å². The van der Waals surface area contributed by atoms with E-state index in [0.717, 1.165) is 22.0 Å². The van der Waals surface area contributed by atoms with Crippen molar-refractivity contribution < 1.29 is 17.9 Å². The molecule has 0 spiro atoms. The number of hydrogen-bond donors (Lipinski definition) is 0. The van der Waals surface area contributed by atoms with Crippen molar-refractivity contribution in [2.24, 2.45) is 0 Å². The highest BCUT2D eigenvalue weighted by molar-refractivity contribution is 7.92. The molecule has 0 atom stereocenters. The molecule has 3 rings (SSSR count). The Balaban J connectivity index is 1.67. The van der Waals surface area contributed by atoms with Crippen molar-refractivity contribution in [1.29, 1.82) is 0 Å². The van der Waals surface area contributed by atoms with E-state index in [-0.39, 0.29) is 10.9 Å². The number of rotatable bonds is 5. The molecule has 1 aliphatic heterocycles. The van der Waals surface area contributed by atoms with Gasteiger partial charge in [-0.15, -0.1) is 0 Å². The lowest BCUT2D eigenvalue weighted by molar-refractivity contribution is 0.0747. The zero-order valence-corrected chi connectivity index (χ0v) is 18.2. The fourth-order valence-corrected chi connectivity index (χ4v) is 3.95. The Morgan fingerprint density at radius 2 is 1.69 bits per heavy atom. The van der Waals surface area contributed by atoms with Gasteiger partial charge in [-0.3, -0.25) is 9.10 Å². The summed E-state index contributed by atoms with van der Waals surface area (Å²) in [6.45, 7) is 2.58. The van der Waals surface area contributed by atoms with Gasteiger partial charge in [-0.2, -0.15) is 0 Å². The number of hydrogen-bond acceptors (Lipinski definition) is 5. The van der Waals surface area contributed by atoms with Crippen molar-refractivity contribution in [3.8, 4) is 5.75 Å². The first-order valence-electron chi connectivity index (χ1n) is 9.12. The Kier molecular flexibility index (Phi) is 6.24. The van der Waals surface area contributed by atoms with Crippen LogP contribution in [0.25, 0.3) is 0 Å². The average Bonchev–Trinajstić information content (AvgIpc) is 2.72. The molecular weight excluding hydrogens is 414 g/mol. The third-order valence-electron chi connectivity index (χ3n) is 5.05. The van der Waals surface area contributed by atoms with Crippen LogP contribution in [0.4, 0.5) is 11.4 Å². The van der Waals surface area contributed by atoms with Crippen LogP contribution in [0.15, 0.2) is 42.5 Å².